The van der Waals surface area contributed by atoms with Gasteiger partial charge in [-0.15, -0.1) is 11.8 Å². The zero-order valence-electron chi connectivity index (χ0n) is 8.58. The number of hydrogen-bond donors (Lipinski definition) is 3. The topological polar surface area (TPSA) is 60.9 Å². The number of nitrogens with one attached hydrogen (secondary N) is 2. The molecule has 0 aliphatic rings. The van der Waals surface area contributed by atoms with Gasteiger partial charge in [0.15, 0.2) is 0 Å². The van der Waals surface area contributed by atoms with Crippen LogP contribution in [0, 0.1) is 0 Å². The molecule has 0 fully saturated rings. The van der Waals surface area contributed by atoms with Gasteiger partial charge >= 0.3 is 0 Å². The first kappa shape index (κ1) is 11.6. The summed E-state index contributed by atoms with van der Waals surface area (Å²) >= 11 is 1.61. The summed E-state index contributed by atoms with van der Waals surface area (Å²) in [7, 11) is 0. The lowest BCUT2D eigenvalue weighted by atomic mass is 10.3. The minimum atomic E-state index is -0.252. The van der Waals surface area contributed by atoms with E-state index < -0.39 is 0 Å². The summed E-state index contributed by atoms with van der Waals surface area (Å²) in [4.78, 5) is 0. The minimum Gasteiger partial charge on any atom is -0.392 e. The van der Waals surface area contributed by atoms with Gasteiger partial charge in [0, 0.05) is 13.1 Å². The van der Waals surface area contributed by atoms with Gasteiger partial charge in [0.05, 0.1) is 11.8 Å². The van der Waals surface area contributed by atoms with Crippen LogP contribution in [0.25, 0.3) is 0 Å². The number of thioether (sulfide) groups is 1. The summed E-state index contributed by atoms with van der Waals surface area (Å²) < 4.78 is 0. The van der Waals surface area contributed by atoms with Crippen molar-refractivity contribution in [3.63, 3.8) is 0 Å². The fraction of sp³-hybridized carbons (Fsp3) is 0.667. The van der Waals surface area contributed by atoms with E-state index in [0.717, 1.165) is 23.7 Å². The Bertz CT molecular complexity index is 264. The van der Waals surface area contributed by atoms with Crippen molar-refractivity contribution in [2.45, 2.75) is 31.0 Å². The van der Waals surface area contributed by atoms with E-state index >= 15 is 0 Å². The van der Waals surface area contributed by atoms with Gasteiger partial charge in [-0.05, 0) is 18.7 Å². The highest BCUT2D eigenvalue weighted by Gasteiger charge is 2.01. The van der Waals surface area contributed by atoms with E-state index in [1.807, 2.05) is 19.2 Å². The Morgan fingerprint density at radius 3 is 3.07 bits per heavy atom. The fourth-order valence-corrected chi connectivity index (χ4v) is 1.45. The number of rotatable bonds is 6. The van der Waals surface area contributed by atoms with Crippen LogP contribution in [0.3, 0.4) is 0 Å². The molecule has 0 aliphatic heterocycles. The summed E-state index contributed by atoms with van der Waals surface area (Å²) in [5, 5.41) is 20.5. The molecule has 0 bridgehead atoms. The van der Waals surface area contributed by atoms with Crippen molar-refractivity contribution in [3.05, 3.63) is 11.8 Å². The third-order valence-corrected chi connectivity index (χ3v) is 2.61. The van der Waals surface area contributed by atoms with Crippen molar-refractivity contribution >= 4 is 11.8 Å². The summed E-state index contributed by atoms with van der Waals surface area (Å²) in [6.07, 6.45) is 2.53. The standard InChI is InChI=1S/C9H17N3OS/c1-3-8(13)6-10-5-7-4-9(14-2)12-11-7/h4,8,10,13H,3,5-6H2,1-2H3,(H,11,12). The molecule has 0 saturated heterocycles. The predicted molar refractivity (Wildman–Crippen MR) is 58.4 cm³/mol. The van der Waals surface area contributed by atoms with E-state index in [2.05, 4.69) is 15.5 Å². The summed E-state index contributed by atoms with van der Waals surface area (Å²) in [6, 6.07) is 2.01. The van der Waals surface area contributed by atoms with Crippen molar-refractivity contribution < 1.29 is 5.11 Å². The molecular weight excluding hydrogens is 198 g/mol. The van der Waals surface area contributed by atoms with Crippen LogP contribution >= 0.6 is 11.8 Å². The molecule has 1 unspecified atom stereocenters. The molecule has 0 amide bonds. The van der Waals surface area contributed by atoms with Crippen molar-refractivity contribution in [2.24, 2.45) is 0 Å². The van der Waals surface area contributed by atoms with Gasteiger partial charge in [0.25, 0.3) is 0 Å². The molecule has 0 saturated carbocycles. The number of aromatic nitrogens is 2. The van der Waals surface area contributed by atoms with Crippen LogP contribution in [0.1, 0.15) is 19.0 Å². The van der Waals surface area contributed by atoms with Crippen LogP contribution in [-0.4, -0.2) is 34.2 Å². The molecule has 0 aromatic carbocycles. The molecule has 1 aromatic heterocycles. The highest BCUT2D eigenvalue weighted by molar-refractivity contribution is 7.98. The maximum Gasteiger partial charge on any atom is 0.118 e. The van der Waals surface area contributed by atoms with Crippen molar-refractivity contribution in [1.29, 1.82) is 0 Å². The summed E-state index contributed by atoms with van der Waals surface area (Å²) in [6.45, 7) is 3.32. The van der Waals surface area contributed by atoms with Crippen LogP contribution in [0.4, 0.5) is 0 Å². The Kier molecular flexibility index (Phi) is 5.00. The third-order valence-electron chi connectivity index (χ3n) is 1.98. The normalized spacial score (nSPS) is 13.1. The van der Waals surface area contributed by atoms with E-state index in [4.69, 9.17) is 0 Å². The van der Waals surface area contributed by atoms with Crippen LogP contribution in [-0.2, 0) is 6.54 Å². The van der Waals surface area contributed by atoms with Crippen LogP contribution in [0.5, 0.6) is 0 Å². The van der Waals surface area contributed by atoms with E-state index in [0.29, 0.717) is 6.54 Å². The average molecular weight is 215 g/mol. The van der Waals surface area contributed by atoms with E-state index in [9.17, 15) is 5.11 Å². The zero-order chi connectivity index (χ0) is 10.4. The van der Waals surface area contributed by atoms with Gasteiger partial charge in [0.2, 0.25) is 0 Å². The Morgan fingerprint density at radius 2 is 2.50 bits per heavy atom. The molecule has 1 aromatic rings. The molecular formula is C9H17N3OS. The smallest absolute Gasteiger partial charge is 0.118 e. The fourth-order valence-electron chi connectivity index (χ4n) is 1.05. The van der Waals surface area contributed by atoms with Gasteiger partial charge in [0.1, 0.15) is 5.03 Å². The first-order valence-electron chi connectivity index (χ1n) is 4.73. The Balaban J connectivity index is 2.24. The van der Waals surface area contributed by atoms with Crippen molar-refractivity contribution in [2.75, 3.05) is 12.8 Å². The maximum atomic E-state index is 9.29. The number of aliphatic hydroxyl groups is 1. The largest absolute Gasteiger partial charge is 0.392 e. The molecule has 1 heterocycles. The van der Waals surface area contributed by atoms with Crippen LogP contribution in [0.15, 0.2) is 11.1 Å². The number of aromatic amines is 1. The van der Waals surface area contributed by atoms with E-state index in [1.165, 1.54) is 0 Å². The number of aliphatic hydroxyl groups excluding tert-OH is 1. The maximum absolute atomic E-state index is 9.29. The number of H-pyrrole nitrogens is 1. The molecule has 0 aliphatic carbocycles. The van der Waals surface area contributed by atoms with Gasteiger partial charge in [-0.1, -0.05) is 6.92 Å². The molecule has 80 valence electrons. The highest BCUT2D eigenvalue weighted by Crippen LogP contribution is 2.11. The first-order valence-corrected chi connectivity index (χ1v) is 5.95. The second-order valence-electron chi connectivity index (χ2n) is 3.13. The lowest BCUT2D eigenvalue weighted by molar-refractivity contribution is 0.167. The molecule has 14 heavy (non-hydrogen) atoms. The lowest BCUT2D eigenvalue weighted by Gasteiger charge is -2.07. The van der Waals surface area contributed by atoms with Crippen molar-refractivity contribution in [1.82, 2.24) is 15.5 Å². The Morgan fingerprint density at radius 1 is 1.71 bits per heavy atom. The molecule has 4 nitrogen and oxygen atoms in total. The second-order valence-corrected chi connectivity index (χ2v) is 3.96. The van der Waals surface area contributed by atoms with Gasteiger partial charge in [-0.3, -0.25) is 5.10 Å². The minimum absolute atomic E-state index is 0.252. The van der Waals surface area contributed by atoms with Gasteiger partial charge in [-0.2, -0.15) is 5.10 Å². The monoisotopic (exact) mass is 215 g/mol. The molecule has 5 heteroatoms. The Hall–Kier alpha value is -0.520. The quantitative estimate of drug-likeness (QED) is 0.619. The van der Waals surface area contributed by atoms with Gasteiger partial charge in [-0.25, -0.2) is 0 Å². The Labute approximate surface area is 88.5 Å². The zero-order valence-corrected chi connectivity index (χ0v) is 9.40. The third kappa shape index (κ3) is 3.69. The average Bonchev–Trinajstić information content (AvgIpc) is 2.65. The molecule has 1 atom stereocenters. The highest BCUT2D eigenvalue weighted by atomic mass is 32.2. The van der Waals surface area contributed by atoms with Crippen LogP contribution < -0.4 is 5.32 Å². The summed E-state index contributed by atoms with van der Waals surface area (Å²) in [5.74, 6) is 0. The van der Waals surface area contributed by atoms with Crippen LogP contribution in [0.2, 0.25) is 0 Å². The molecule has 0 radical (unpaired) electrons. The second kappa shape index (κ2) is 6.06. The first-order chi connectivity index (χ1) is 6.76. The van der Waals surface area contributed by atoms with E-state index in [1.54, 1.807) is 11.8 Å². The SMILES string of the molecule is CCC(O)CNCc1cc(SC)n[nH]1. The van der Waals surface area contributed by atoms with Crippen molar-refractivity contribution in [3.8, 4) is 0 Å². The summed E-state index contributed by atoms with van der Waals surface area (Å²) in [5.41, 5.74) is 1.05. The number of nitrogens with zero attached hydrogens (tertiary/aromatic N) is 1. The molecule has 3 N–H and O–H groups in total. The lowest BCUT2D eigenvalue weighted by Crippen LogP contribution is -2.25. The van der Waals surface area contributed by atoms with E-state index in [-0.39, 0.29) is 6.10 Å². The number of hydrogen-bond acceptors (Lipinski definition) is 4. The molecule has 1 rings (SSSR count). The van der Waals surface area contributed by atoms with Gasteiger partial charge < -0.3 is 10.4 Å². The molecule has 0 spiro atoms. The predicted octanol–water partition coefficient (Wildman–Crippen LogP) is 0.992.